The molecule has 2 nitrogen and oxygen atoms in total. The van der Waals surface area contributed by atoms with E-state index in [0.29, 0.717) is 12.1 Å². The molecule has 0 bridgehead atoms. The summed E-state index contributed by atoms with van der Waals surface area (Å²) in [6, 6.07) is 11.0. The van der Waals surface area contributed by atoms with Gasteiger partial charge in [-0.25, -0.2) is 0 Å². The molecule has 0 heterocycles. The summed E-state index contributed by atoms with van der Waals surface area (Å²) in [7, 11) is 2.12. The van der Waals surface area contributed by atoms with E-state index in [-0.39, 0.29) is 0 Å². The van der Waals surface area contributed by atoms with Crippen molar-refractivity contribution in [2.75, 3.05) is 13.6 Å². The van der Waals surface area contributed by atoms with Gasteiger partial charge in [0.15, 0.2) is 0 Å². The second-order valence-corrected chi connectivity index (χ2v) is 6.89. The Bertz CT molecular complexity index is 450. The fourth-order valence-electron chi connectivity index (χ4n) is 3.66. The lowest BCUT2D eigenvalue weighted by atomic mass is 10.0. The zero-order chi connectivity index (χ0) is 14.1. The van der Waals surface area contributed by atoms with E-state index < -0.39 is 0 Å². The molecule has 0 aliphatic heterocycles. The summed E-state index contributed by atoms with van der Waals surface area (Å²) in [5.41, 5.74) is 3.07. The van der Waals surface area contributed by atoms with E-state index in [4.69, 9.17) is 0 Å². The Morgan fingerprint density at radius 2 is 2.00 bits per heavy atom. The van der Waals surface area contributed by atoms with Gasteiger partial charge in [0, 0.05) is 18.1 Å². The first-order valence-corrected chi connectivity index (χ1v) is 8.21. The number of rotatable bonds is 6. The topological polar surface area (TPSA) is 15.3 Å². The van der Waals surface area contributed by atoms with Crippen molar-refractivity contribution in [2.24, 2.45) is 5.92 Å². The second-order valence-electron chi connectivity index (χ2n) is 6.89. The van der Waals surface area contributed by atoms with Gasteiger partial charge < -0.3 is 5.32 Å². The Morgan fingerprint density at radius 1 is 1.25 bits per heavy atom. The third kappa shape index (κ3) is 2.77. The highest BCUT2D eigenvalue weighted by Gasteiger charge is 2.41. The van der Waals surface area contributed by atoms with Gasteiger partial charge in [-0.3, -0.25) is 4.90 Å². The van der Waals surface area contributed by atoms with Crippen LogP contribution in [0.2, 0.25) is 0 Å². The zero-order valence-electron chi connectivity index (χ0n) is 13.1. The van der Waals surface area contributed by atoms with Crippen LogP contribution in [0.15, 0.2) is 24.3 Å². The van der Waals surface area contributed by atoms with Crippen molar-refractivity contribution in [3.05, 3.63) is 35.4 Å². The number of nitrogens with zero attached hydrogens (tertiary/aromatic N) is 1. The first-order chi connectivity index (χ1) is 9.70. The van der Waals surface area contributed by atoms with E-state index in [2.05, 4.69) is 55.4 Å². The average Bonchev–Trinajstić information content (AvgIpc) is 3.19. The molecule has 0 radical (unpaired) electrons. The molecule has 0 saturated heterocycles. The van der Waals surface area contributed by atoms with E-state index in [1.54, 1.807) is 5.56 Å². The summed E-state index contributed by atoms with van der Waals surface area (Å²) in [6.45, 7) is 5.94. The van der Waals surface area contributed by atoms with Crippen molar-refractivity contribution >= 4 is 0 Å². The average molecular weight is 272 g/mol. The summed E-state index contributed by atoms with van der Waals surface area (Å²) in [4.78, 5) is 2.81. The highest BCUT2D eigenvalue weighted by atomic mass is 15.2. The van der Waals surface area contributed by atoms with Crippen molar-refractivity contribution in [1.29, 1.82) is 0 Å². The molecule has 2 atom stereocenters. The molecule has 0 amide bonds. The lowest BCUT2D eigenvalue weighted by Gasteiger charge is -2.34. The van der Waals surface area contributed by atoms with Crippen LogP contribution in [0.4, 0.5) is 0 Å². The number of benzene rings is 1. The molecule has 0 aromatic heterocycles. The molecular formula is C18H28N2. The third-order valence-corrected chi connectivity index (χ3v) is 4.92. The standard InChI is InChI=1S/C18H28N2/c1-13(2)10-11-20(15-8-9-15)17-12-14-6-4-5-7-16(14)18(17)19-3/h4-7,13,15,17-19H,8-12H2,1-3H3. The van der Waals surface area contributed by atoms with Crippen LogP contribution in [0.1, 0.15) is 50.3 Å². The van der Waals surface area contributed by atoms with Crippen LogP contribution in [-0.2, 0) is 6.42 Å². The maximum atomic E-state index is 3.58. The Balaban J connectivity index is 1.78. The van der Waals surface area contributed by atoms with E-state index in [0.717, 1.165) is 12.0 Å². The summed E-state index contributed by atoms with van der Waals surface area (Å²) < 4.78 is 0. The molecule has 2 aliphatic carbocycles. The predicted octanol–water partition coefficient (Wildman–Crippen LogP) is 3.38. The molecule has 1 aromatic rings. The molecule has 20 heavy (non-hydrogen) atoms. The van der Waals surface area contributed by atoms with Crippen LogP contribution in [0.3, 0.4) is 0 Å². The first kappa shape index (κ1) is 14.1. The Kier molecular flexibility index (Phi) is 4.13. The molecule has 2 unspecified atom stereocenters. The monoisotopic (exact) mass is 272 g/mol. The van der Waals surface area contributed by atoms with Gasteiger partial charge in [0.05, 0.1) is 0 Å². The predicted molar refractivity (Wildman–Crippen MR) is 84.9 cm³/mol. The molecular weight excluding hydrogens is 244 g/mol. The summed E-state index contributed by atoms with van der Waals surface area (Å²) in [5, 5.41) is 3.58. The van der Waals surface area contributed by atoms with Gasteiger partial charge in [-0.1, -0.05) is 38.1 Å². The Morgan fingerprint density at radius 3 is 2.65 bits per heavy atom. The number of hydrogen-bond donors (Lipinski definition) is 1. The van der Waals surface area contributed by atoms with Crippen LogP contribution in [0, 0.1) is 5.92 Å². The van der Waals surface area contributed by atoms with E-state index in [9.17, 15) is 0 Å². The minimum absolute atomic E-state index is 0.513. The Hall–Kier alpha value is -0.860. The van der Waals surface area contributed by atoms with Gasteiger partial charge in [-0.2, -0.15) is 0 Å². The number of fused-ring (bicyclic) bond motifs is 1. The minimum Gasteiger partial charge on any atom is -0.312 e. The van der Waals surface area contributed by atoms with Crippen molar-refractivity contribution < 1.29 is 0 Å². The second kappa shape index (κ2) is 5.87. The zero-order valence-corrected chi connectivity index (χ0v) is 13.1. The first-order valence-electron chi connectivity index (χ1n) is 8.21. The molecule has 1 fully saturated rings. The van der Waals surface area contributed by atoms with Crippen LogP contribution >= 0.6 is 0 Å². The molecule has 0 spiro atoms. The van der Waals surface area contributed by atoms with Gasteiger partial charge in [0.25, 0.3) is 0 Å². The smallest absolute Gasteiger partial charge is 0.0481 e. The fourth-order valence-corrected chi connectivity index (χ4v) is 3.66. The molecule has 3 rings (SSSR count). The highest BCUT2D eigenvalue weighted by Crippen LogP contribution is 2.39. The van der Waals surface area contributed by atoms with E-state index >= 15 is 0 Å². The van der Waals surface area contributed by atoms with Crippen molar-refractivity contribution in [3.63, 3.8) is 0 Å². The minimum atomic E-state index is 0.513. The van der Waals surface area contributed by atoms with Crippen molar-refractivity contribution in [3.8, 4) is 0 Å². The SMILES string of the molecule is CNC1c2ccccc2CC1N(CCC(C)C)C1CC1. The van der Waals surface area contributed by atoms with Crippen LogP contribution in [-0.4, -0.2) is 30.6 Å². The van der Waals surface area contributed by atoms with E-state index in [1.165, 1.54) is 37.8 Å². The Labute approximate surface area is 123 Å². The van der Waals surface area contributed by atoms with Gasteiger partial charge in [0.2, 0.25) is 0 Å². The van der Waals surface area contributed by atoms with Gasteiger partial charge in [0.1, 0.15) is 0 Å². The molecule has 2 aliphatic rings. The van der Waals surface area contributed by atoms with Crippen molar-refractivity contribution in [2.45, 2.75) is 57.7 Å². The molecule has 2 heteroatoms. The van der Waals surface area contributed by atoms with E-state index in [1.807, 2.05) is 0 Å². The van der Waals surface area contributed by atoms with Crippen LogP contribution in [0.5, 0.6) is 0 Å². The molecule has 110 valence electrons. The fraction of sp³-hybridized carbons (Fsp3) is 0.667. The lowest BCUT2D eigenvalue weighted by Crippen LogP contribution is -2.44. The summed E-state index contributed by atoms with van der Waals surface area (Å²) in [5.74, 6) is 0.799. The number of nitrogens with one attached hydrogen (secondary N) is 1. The normalized spacial score (nSPS) is 25.4. The van der Waals surface area contributed by atoms with Crippen LogP contribution in [0.25, 0.3) is 0 Å². The van der Waals surface area contributed by atoms with Gasteiger partial charge in [-0.15, -0.1) is 0 Å². The van der Waals surface area contributed by atoms with Crippen LogP contribution < -0.4 is 5.32 Å². The lowest BCUT2D eigenvalue weighted by molar-refractivity contribution is 0.151. The van der Waals surface area contributed by atoms with Gasteiger partial charge >= 0.3 is 0 Å². The maximum Gasteiger partial charge on any atom is 0.0481 e. The third-order valence-electron chi connectivity index (χ3n) is 4.92. The number of likely N-dealkylation sites (N-methyl/N-ethyl adjacent to an activating group) is 1. The highest BCUT2D eigenvalue weighted by molar-refractivity contribution is 5.37. The summed E-state index contributed by atoms with van der Waals surface area (Å²) in [6.07, 6.45) is 5.35. The molecule has 1 aromatic carbocycles. The molecule has 1 saturated carbocycles. The quantitative estimate of drug-likeness (QED) is 0.854. The number of hydrogen-bond acceptors (Lipinski definition) is 2. The van der Waals surface area contributed by atoms with Crippen molar-refractivity contribution in [1.82, 2.24) is 10.2 Å². The molecule has 1 N–H and O–H groups in total. The maximum absolute atomic E-state index is 3.58. The van der Waals surface area contributed by atoms with Gasteiger partial charge in [-0.05, 0) is 56.3 Å². The summed E-state index contributed by atoms with van der Waals surface area (Å²) >= 11 is 0. The largest absolute Gasteiger partial charge is 0.312 e.